The van der Waals surface area contributed by atoms with Gasteiger partial charge in [-0.05, 0) is 54.3 Å². The van der Waals surface area contributed by atoms with Gasteiger partial charge in [-0.3, -0.25) is 9.36 Å². The topological polar surface area (TPSA) is 94.0 Å². The Morgan fingerprint density at radius 1 is 1.02 bits per heavy atom. The van der Waals surface area contributed by atoms with E-state index in [2.05, 4.69) is 18.2 Å². The Labute approximate surface area is 238 Å². The zero-order valence-electron chi connectivity index (χ0n) is 22.0. The Bertz CT molecular complexity index is 2050. The first-order valence-corrected chi connectivity index (χ1v) is 14.0. The molecule has 3 aromatic carbocycles. The van der Waals surface area contributed by atoms with E-state index in [0.717, 1.165) is 46.6 Å². The molecule has 0 saturated heterocycles. The Morgan fingerprint density at radius 3 is 2.61 bits per heavy atom. The van der Waals surface area contributed by atoms with Crippen LogP contribution in [-0.4, -0.2) is 22.8 Å². The van der Waals surface area contributed by atoms with E-state index in [1.165, 1.54) is 29.0 Å². The van der Waals surface area contributed by atoms with Gasteiger partial charge in [-0.25, -0.2) is 9.79 Å². The van der Waals surface area contributed by atoms with Gasteiger partial charge in [0.05, 0.1) is 28.9 Å². The molecule has 41 heavy (non-hydrogen) atoms. The first-order chi connectivity index (χ1) is 20.0. The lowest BCUT2D eigenvalue weighted by atomic mass is 9.83. The van der Waals surface area contributed by atoms with Crippen molar-refractivity contribution in [2.75, 3.05) is 7.11 Å². The number of methoxy groups -OCH3 is 1. The molecule has 0 spiro atoms. The van der Waals surface area contributed by atoms with Gasteiger partial charge in [-0.1, -0.05) is 65.9 Å². The van der Waals surface area contributed by atoms with E-state index < -0.39 is 5.97 Å². The van der Waals surface area contributed by atoms with Gasteiger partial charge in [0.25, 0.3) is 5.56 Å². The van der Waals surface area contributed by atoms with Crippen LogP contribution in [0.2, 0.25) is 0 Å². The number of hydrogen-bond donors (Lipinski definition) is 1. The van der Waals surface area contributed by atoms with E-state index in [9.17, 15) is 14.7 Å². The molecular weight excluding hydrogens is 536 g/mol. The van der Waals surface area contributed by atoms with Gasteiger partial charge in [0, 0.05) is 22.8 Å². The molecule has 0 fully saturated rings. The number of fused-ring (bicyclic) bond motifs is 3. The average molecular weight is 561 g/mol. The number of aromatic carboxylic acids is 1. The summed E-state index contributed by atoms with van der Waals surface area (Å²) in [6.07, 6.45) is 3.42. The summed E-state index contributed by atoms with van der Waals surface area (Å²) in [6, 6.07) is 25.9. The third-order valence-corrected chi connectivity index (χ3v) is 8.61. The number of thiazole rings is 1. The first kappa shape index (κ1) is 25.0. The van der Waals surface area contributed by atoms with Crippen LogP contribution in [0.4, 0.5) is 0 Å². The Balaban J connectivity index is 1.38. The minimum Gasteiger partial charge on any atom is -0.496 e. The third kappa shape index (κ3) is 4.24. The van der Waals surface area contributed by atoms with Crippen molar-refractivity contribution in [2.45, 2.75) is 18.9 Å². The van der Waals surface area contributed by atoms with E-state index >= 15 is 0 Å². The molecule has 0 saturated carbocycles. The maximum absolute atomic E-state index is 14.0. The van der Waals surface area contributed by atoms with E-state index in [1.807, 2.05) is 36.4 Å². The molecule has 7 rings (SSSR count). The van der Waals surface area contributed by atoms with Gasteiger partial charge in [0.2, 0.25) is 0 Å². The number of allylic oxidation sites excluding steroid dienone is 1. The molecule has 0 radical (unpaired) electrons. The summed E-state index contributed by atoms with van der Waals surface area (Å²) in [6.45, 7) is 0. The lowest BCUT2D eigenvalue weighted by molar-refractivity contribution is 0.0697. The van der Waals surface area contributed by atoms with Crippen molar-refractivity contribution in [2.24, 2.45) is 4.99 Å². The number of nitrogens with zero attached hydrogens (tertiary/aromatic N) is 2. The maximum Gasteiger partial charge on any atom is 0.335 e. The van der Waals surface area contributed by atoms with Gasteiger partial charge >= 0.3 is 5.97 Å². The summed E-state index contributed by atoms with van der Waals surface area (Å²) >= 11 is 1.34. The lowest BCUT2D eigenvalue weighted by Gasteiger charge is -2.31. The summed E-state index contributed by atoms with van der Waals surface area (Å²) in [5.74, 6) is 0.850. The minimum atomic E-state index is -0.983. The predicted octanol–water partition coefficient (Wildman–Crippen LogP) is 5.29. The number of carboxylic acids is 1. The Kier molecular flexibility index (Phi) is 6.05. The summed E-state index contributed by atoms with van der Waals surface area (Å²) in [4.78, 5) is 30.9. The van der Waals surface area contributed by atoms with Gasteiger partial charge in [0.1, 0.15) is 17.3 Å². The molecule has 2 aromatic heterocycles. The molecule has 1 aliphatic carbocycles. The highest BCUT2D eigenvalue weighted by Crippen LogP contribution is 2.43. The Hall–Kier alpha value is -4.95. The van der Waals surface area contributed by atoms with E-state index in [1.54, 1.807) is 36.0 Å². The SMILES string of the molecule is COc1ccccc1[C@H]1C2=C(N=c3sc(=Cc4ccc(-c5ccc(C(=O)O)cc5)o4)c(=O)n31)c1ccccc1CC2. The average Bonchev–Trinajstić information content (AvgIpc) is 3.60. The molecule has 1 N–H and O–H groups in total. The molecule has 0 bridgehead atoms. The molecule has 0 unspecified atom stereocenters. The smallest absolute Gasteiger partial charge is 0.335 e. The van der Waals surface area contributed by atoms with E-state index in [-0.39, 0.29) is 17.2 Å². The first-order valence-electron chi connectivity index (χ1n) is 13.2. The van der Waals surface area contributed by atoms with E-state index in [4.69, 9.17) is 14.1 Å². The number of furan rings is 1. The molecule has 5 aromatic rings. The number of ether oxygens (including phenoxy) is 1. The molecule has 1 atom stereocenters. The predicted molar refractivity (Wildman–Crippen MR) is 157 cm³/mol. The fourth-order valence-electron chi connectivity index (χ4n) is 5.68. The number of para-hydroxylation sites is 1. The van der Waals surface area contributed by atoms with Crippen LogP contribution in [0, 0.1) is 0 Å². The quantitative estimate of drug-likeness (QED) is 0.316. The van der Waals surface area contributed by atoms with Crippen LogP contribution in [0.5, 0.6) is 5.75 Å². The largest absolute Gasteiger partial charge is 0.496 e. The molecule has 0 amide bonds. The number of carboxylic acid groups (broad SMARTS) is 1. The van der Waals surface area contributed by atoms with Crippen LogP contribution in [0.3, 0.4) is 0 Å². The van der Waals surface area contributed by atoms with Gasteiger partial charge in [-0.2, -0.15) is 0 Å². The van der Waals surface area contributed by atoms with Crippen molar-refractivity contribution in [3.05, 3.63) is 138 Å². The lowest BCUT2D eigenvalue weighted by Crippen LogP contribution is -2.38. The third-order valence-electron chi connectivity index (χ3n) is 7.62. The zero-order chi connectivity index (χ0) is 28.1. The highest BCUT2D eigenvalue weighted by atomic mass is 32.1. The molecule has 3 heterocycles. The van der Waals surface area contributed by atoms with E-state index in [0.29, 0.717) is 20.9 Å². The van der Waals surface area contributed by atoms with Crippen LogP contribution in [0.25, 0.3) is 23.1 Å². The van der Waals surface area contributed by atoms with Gasteiger partial charge in [-0.15, -0.1) is 0 Å². The van der Waals surface area contributed by atoms with Crippen molar-refractivity contribution >= 4 is 29.1 Å². The second-order valence-electron chi connectivity index (χ2n) is 9.94. The van der Waals surface area contributed by atoms with Crippen LogP contribution in [0.1, 0.15) is 45.3 Å². The summed E-state index contributed by atoms with van der Waals surface area (Å²) < 4.78 is 14.1. The number of aromatic nitrogens is 1. The van der Waals surface area contributed by atoms with Crippen molar-refractivity contribution in [3.8, 4) is 17.1 Å². The molecule has 202 valence electrons. The Morgan fingerprint density at radius 2 is 1.80 bits per heavy atom. The van der Waals surface area contributed by atoms with Crippen LogP contribution in [0.15, 0.2) is 105 Å². The normalized spacial score (nSPS) is 16.0. The fraction of sp³-hybridized carbons (Fsp3) is 0.121. The monoisotopic (exact) mass is 560 g/mol. The fourth-order valence-corrected chi connectivity index (χ4v) is 6.66. The zero-order valence-corrected chi connectivity index (χ0v) is 22.9. The molecule has 2 aliphatic rings. The van der Waals surface area contributed by atoms with Gasteiger partial charge in [0.15, 0.2) is 4.80 Å². The van der Waals surface area contributed by atoms with Crippen LogP contribution >= 0.6 is 11.3 Å². The molecule has 7 nitrogen and oxygen atoms in total. The summed E-state index contributed by atoms with van der Waals surface area (Å²) in [5.41, 5.74) is 6.14. The number of carbonyl (C=O) groups is 1. The molecular formula is C33H24N2O5S. The minimum absolute atomic E-state index is 0.140. The second kappa shape index (κ2) is 9.91. The van der Waals surface area contributed by atoms with Crippen LogP contribution < -0.4 is 19.6 Å². The summed E-state index contributed by atoms with van der Waals surface area (Å²) in [5, 5.41) is 9.17. The molecule has 8 heteroatoms. The van der Waals surface area contributed by atoms with Crippen molar-refractivity contribution < 1.29 is 19.1 Å². The van der Waals surface area contributed by atoms with Crippen molar-refractivity contribution in [3.63, 3.8) is 0 Å². The number of benzene rings is 3. The summed E-state index contributed by atoms with van der Waals surface area (Å²) in [7, 11) is 1.65. The standard InChI is InChI=1S/C33H24N2O5S/c1-39-27-9-5-4-8-24(27)30-25-16-14-19-6-2-3-7-23(19)29(25)34-33-35(30)31(36)28(41-33)18-22-15-17-26(40-22)20-10-12-21(13-11-20)32(37)38/h2-13,15,17-18,30H,14,16H2,1H3,(H,37,38)/t30-/m0/s1. The number of rotatable bonds is 5. The number of aryl methyl sites for hydroxylation is 1. The highest BCUT2D eigenvalue weighted by molar-refractivity contribution is 7.07. The second-order valence-corrected chi connectivity index (χ2v) is 10.9. The highest BCUT2D eigenvalue weighted by Gasteiger charge is 2.34. The maximum atomic E-state index is 14.0. The number of hydrogen-bond acceptors (Lipinski definition) is 6. The molecule has 1 aliphatic heterocycles. The van der Waals surface area contributed by atoms with Gasteiger partial charge < -0.3 is 14.3 Å². The van der Waals surface area contributed by atoms with Crippen LogP contribution in [-0.2, 0) is 6.42 Å². The van der Waals surface area contributed by atoms with Crippen molar-refractivity contribution in [1.29, 1.82) is 0 Å². The van der Waals surface area contributed by atoms with Crippen molar-refractivity contribution in [1.82, 2.24) is 4.57 Å².